The Morgan fingerprint density at radius 3 is 2.28 bits per heavy atom. The summed E-state index contributed by atoms with van der Waals surface area (Å²) < 4.78 is 2.21. The first-order chi connectivity index (χ1) is 12.2. The number of benzene rings is 2. The molecule has 1 nitrogen and oxygen atoms in total. The number of aryl methyl sites for hydroxylation is 2. The first kappa shape index (κ1) is 16.1. The van der Waals surface area contributed by atoms with Crippen molar-refractivity contribution in [3.63, 3.8) is 0 Å². The van der Waals surface area contributed by atoms with E-state index in [1.807, 2.05) is 0 Å². The lowest BCUT2D eigenvalue weighted by Crippen LogP contribution is -2.30. The van der Waals surface area contributed by atoms with Gasteiger partial charge in [0.1, 0.15) is 7.05 Å². The van der Waals surface area contributed by atoms with Gasteiger partial charge in [0.2, 0.25) is 5.69 Å². The van der Waals surface area contributed by atoms with Gasteiger partial charge in [0, 0.05) is 17.7 Å². The second-order valence-corrected chi connectivity index (χ2v) is 7.33. The van der Waals surface area contributed by atoms with Crippen molar-refractivity contribution < 1.29 is 4.57 Å². The first-order valence-electron chi connectivity index (χ1n) is 9.38. The first-order valence-corrected chi connectivity index (χ1v) is 9.38. The van der Waals surface area contributed by atoms with Crippen LogP contribution < -0.4 is 4.57 Å². The Balaban J connectivity index is 1.69. The highest BCUT2D eigenvalue weighted by atomic mass is 14.9. The van der Waals surface area contributed by atoms with Crippen LogP contribution >= 0.6 is 0 Å². The van der Waals surface area contributed by atoms with Gasteiger partial charge in [0.15, 0.2) is 6.20 Å². The van der Waals surface area contributed by atoms with Crippen LogP contribution in [0, 0.1) is 6.92 Å². The number of nitrogens with zero attached hydrogens (tertiary/aromatic N) is 1. The monoisotopic (exact) mass is 328 g/mol. The highest BCUT2D eigenvalue weighted by Crippen LogP contribution is 2.35. The Morgan fingerprint density at radius 1 is 0.840 bits per heavy atom. The Hall–Kier alpha value is -2.41. The van der Waals surface area contributed by atoms with Gasteiger partial charge in [0.25, 0.3) is 0 Å². The van der Waals surface area contributed by atoms with E-state index >= 15 is 0 Å². The number of pyridine rings is 1. The molecule has 2 aromatic carbocycles. The number of rotatable bonds is 3. The van der Waals surface area contributed by atoms with Crippen LogP contribution in [-0.4, -0.2) is 0 Å². The normalized spacial score (nSPS) is 14.8. The molecule has 0 amide bonds. The van der Waals surface area contributed by atoms with E-state index in [2.05, 4.69) is 85.4 Å². The molecule has 1 aliphatic rings. The average Bonchev–Trinajstić information content (AvgIpc) is 3.18. The minimum absolute atomic E-state index is 0.783. The van der Waals surface area contributed by atoms with Crippen LogP contribution in [0.2, 0.25) is 0 Å². The molecule has 1 heterocycles. The minimum atomic E-state index is 0.783. The number of hydrogen-bond donors (Lipinski definition) is 0. The zero-order valence-electron chi connectivity index (χ0n) is 15.2. The molecule has 0 aliphatic heterocycles. The SMILES string of the molecule is Cc1ccccc1-c1cc(-c2ccc(C3CCCC3)cc2)cc[n+]1C. The highest BCUT2D eigenvalue weighted by molar-refractivity contribution is 5.70. The zero-order valence-corrected chi connectivity index (χ0v) is 15.2. The standard InChI is InChI=1S/C24H26N/c1-18-7-3-6-10-23(18)24-17-22(15-16-25(24)2)21-13-11-20(12-14-21)19-8-4-5-9-19/h3,6-7,10-17,19H,4-5,8-9H2,1-2H3/q+1. The third kappa shape index (κ3) is 3.24. The van der Waals surface area contributed by atoms with E-state index in [4.69, 9.17) is 0 Å². The second kappa shape index (κ2) is 6.84. The maximum atomic E-state index is 2.34. The maximum absolute atomic E-state index is 2.34. The molecule has 0 spiro atoms. The summed E-state index contributed by atoms with van der Waals surface area (Å²) in [6.07, 6.45) is 7.67. The summed E-state index contributed by atoms with van der Waals surface area (Å²) in [7, 11) is 2.12. The fraction of sp³-hybridized carbons (Fsp3) is 0.292. The van der Waals surface area contributed by atoms with Gasteiger partial charge in [-0.2, -0.15) is 0 Å². The molecule has 1 fully saturated rings. The van der Waals surface area contributed by atoms with E-state index in [-0.39, 0.29) is 0 Å². The van der Waals surface area contributed by atoms with E-state index in [1.54, 1.807) is 0 Å². The van der Waals surface area contributed by atoms with Gasteiger partial charge in [-0.1, -0.05) is 55.3 Å². The molecule has 0 bridgehead atoms. The highest BCUT2D eigenvalue weighted by Gasteiger charge is 2.17. The predicted molar refractivity (Wildman–Crippen MR) is 104 cm³/mol. The minimum Gasteiger partial charge on any atom is -0.201 e. The average molecular weight is 328 g/mol. The summed E-state index contributed by atoms with van der Waals surface area (Å²) in [4.78, 5) is 0. The van der Waals surface area contributed by atoms with Crippen LogP contribution in [0.25, 0.3) is 22.4 Å². The van der Waals surface area contributed by atoms with Gasteiger partial charge in [0.05, 0.1) is 0 Å². The smallest absolute Gasteiger partial charge is 0.201 e. The Morgan fingerprint density at radius 2 is 1.56 bits per heavy atom. The van der Waals surface area contributed by atoms with Crippen molar-refractivity contribution in [3.8, 4) is 22.4 Å². The van der Waals surface area contributed by atoms with E-state index in [0.29, 0.717) is 0 Å². The third-order valence-electron chi connectivity index (χ3n) is 5.64. The molecule has 0 unspecified atom stereocenters. The van der Waals surface area contributed by atoms with Crippen molar-refractivity contribution >= 4 is 0 Å². The van der Waals surface area contributed by atoms with E-state index < -0.39 is 0 Å². The quantitative estimate of drug-likeness (QED) is 0.534. The molecule has 0 radical (unpaired) electrons. The molecule has 0 atom stereocenters. The van der Waals surface area contributed by atoms with Gasteiger partial charge in [-0.05, 0) is 54.0 Å². The van der Waals surface area contributed by atoms with Crippen LogP contribution in [0.4, 0.5) is 0 Å². The summed E-state index contributed by atoms with van der Waals surface area (Å²) in [6, 6.07) is 22.4. The molecular weight excluding hydrogens is 302 g/mol. The fourth-order valence-corrected chi connectivity index (χ4v) is 4.08. The maximum Gasteiger partial charge on any atom is 0.213 e. The molecule has 1 saturated carbocycles. The van der Waals surface area contributed by atoms with Crippen LogP contribution in [-0.2, 0) is 7.05 Å². The van der Waals surface area contributed by atoms with Crippen LogP contribution in [0.5, 0.6) is 0 Å². The lowest BCUT2D eigenvalue weighted by Gasteiger charge is -2.11. The molecular formula is C24H26N+. The lowest BCUT2D eigenvalue weighted by atomic mass is 9.94. The van der Waals surface area contributed by atoms with Crippen molar-refractivity contribution in [2.45, 2.75) is 38.5 Å². The molecule has 1 aromatic heterocycles. The summed E-state index contributed by atoms with van der Waals surface area (Å²) in [6.45, 7) is 2.18. The zero-order chi connectivity index (χ0) is 17.2. The Labute approximate surface area is 151 Å². The molecule has 3 aromatic rings. The van der Waals surface area contributed by atoms with Crippen LogP contribution in [0.15, 0.2) is 66.9 Å². The molecule has 1 heteroatoms. The molecule has 126 valence electrons. The van der Waals surface area contributed by atoms with Crippen LogP contribution in [0.1, 0.15) is 42.7 Å². The molecule has 1 aliphatic carbocycles. The van der Waals surface area contributed by atoms with Crippen molar-refractivity contribution in [2.75, 3.05) is 0 Å². The molecule has 0 N–H and O–H groups in total. The van der Waals surface area contributed by atoms with Gasteiger partial charge in [-0.15, -0.1) is 0 Å². The van der Waals surface area contributed by atoms with Gasteiger partial charge in [-0.25, -0.2) is 4.57 Å². The predicted octanol–water partition coefficient (Wildman–Crippen LogP) is 5.81. The number of hydrogen-bond acceptors (Lipinski definition) is 0. The van der Waals surface area contributed by atoms with E-state index in [9.17, 15) is 0 Å². The topological polar surface area (TPSA) is 3.88 Å². The summed E-state index contributed by atoms with van der Waals surface area (Å²) in [5, 5.41) is 0. The largest absolute Gasteiger partial charge is 0.213 e. The second-order valence-electron chi connectivity index (χ2n) is 7.33. The molecule has 25 heavy (non-hydrogen) atoms. The van der Waals surface area contributed by atoms with E-state index in [1.165, 1.54) is 59.2 Å². The summed E-state index contributed by atoms with van der Waals surface area (Å²) in [5.41, 5.74) is 7.98. The van der Waals surface area contributed by atoms with Crippen molar-refractivity contribution in [1.29, 1.82) is 0 Å². The van der Waals surface area contributed by atoms with Crippen molar-refractivity contribution in [2.24, 2.45) is 7.05 Å². The number of aromatic nitrogens is 1. The summed E-state index contributed by atoms with van der Waals surface area (Å²) >= 11 is 0. The van der Waals surface area contributed by atoms with Gasteiger partial charge in [-0.3, -0.25) is 0 Å². The van der Waals surface area contributed by atoms with Gasteiger partial charge >= 0.3 is 0 Å². The Bertz CT molecular complexity index is 871. The van der Waals surface area contributed by atoms with Crippen molar-refractivity contribution in [3.05, 3.63) is 78.0 Å². The van der Waals surface area contributed by atoms with Gasteiger partial charge < -0.3 is 0 Å². The Kier molecular flexibility index (Phi) is 4.40. The molecule has 4 rings (SSSR count). The van der Waals surface area contributed by atoms with E-state index in [0.717, 1.165) is 5.92 Å². The lowest BCUT2D eigenvalue weighted by molar-refractivity contribution is -0.660. The summed E-state index contributed by atoms with van der Waals surface area (Å²) in [5.74, 6) is 0.783. The third-order valence-corrected chi connectivity index (χ3v) is 5.64. The molecule has 0 saturated heterocycles. The van der Waals surface area contributed by atoms with Crippen LogP contribution in [0.3, 0.4) is 0 Å². The fourth-order valence-electron chi connectivity index (χ4n) is 4.08. The van der Waals surface area contributed by atoms with Crippen molar-refractivity contribution in [1.82, 2.24) is 0 Å².